The molecule has 0 saturated heterocycles. The van der Waals surface area contributed by atoms with Crippen LogP contribution in [-0.2, 0) is 5.41 Å². The molecule has 1 heterocycles. The predicted octanol–water partition coefficient (Wildman–Crippen LogP) is 5.05. The number of hydrogen-bond acceptors (Lipinski definition) is 3. The van der Waals surface area contributed by atoms with Crippen LogP contribution in [0.25, 0.3) is 11.1 Å². The van der Waals surface area contributed by atoms with E-state index in [0.29, 0.717) is 11.4 Å². The van der Waals surface area contributed by atoms with Gasteiger partial charge in [0, 0.05) is 11.0 Å². The van der Waals surface area contributed by atoms with Gasteiger partial charge in [-0.3, -0.25) is 5.41 Å². The molecule has 23 heavy (non-hydrogen) atoms. The van der Waals surface area contributed by atoms with E-state index in [9.17, 15) is 0 Å². The van der Waals surface area contributed by atoms with Crippen LogP contribution in [-0.4, -0.2) is 5.71 Å². The van der Waals surface area contributed by atoms with E-state index in [-0.39, 0.29) is 5.41 Å². The number of rotatable bonds is 2. The van der Waals surface area contributed by atoms with Crippen molar-refractivity contribution in [2.45, 2.75) is 19.3 Å². The van der Waals surface area contributed by atoms with Crippen LogP contribution in [0.2, 0.25) is 0 Å². The van der Waals surface area contributed by atoms with E-state index in [2.05, 4.69) is 44.2 Å². The Labute approximate surface area is 140 Å². The normalized spacial score (nSPS) is 14.3. The molecule has 1 aromatic heterocycles. The SMILES string of the molecule is CC1(C)c2ccccc2-c2cccc(C(=N)c3sccc3N)c21. The van der Waals surface area contributed by atoms with E-state index in [1.54, 1.807) is 0 Å². The van der Waals surface area contributed by atoms with Crippen molar-refractivity contribution in [3.63, 3.8) is 0 Å². The zero-order valence-electron chi connectivity index (χ0n) is 13.2. The Morgan fingerprint density at radius 3 is 2.48 bits per heavy atom. The van der Waals surface area contributed by atoms with Crippen LogP contribution in [0.4, 0.5) is 5.69 Å². The molecule has 1 aliphatic rings. The van der Waals surface area contributed by atoms with Gasteiger partial charge in [0.2, 0.25) is 0 Å². The summed E-state index contributed by atoms with van der Waals surface area (Å²) in [5.41, 5.74) is 13.2. The standard InChI is InChI=1S/C20H18N2S/c1-20(2)15-9-4-3-6-12(15)13-7-5-8-14(17(13)20)18(22)19-16(21)10-11-23-19/h3-11,22H,21H2,1-2H3. The molecule has 0 unspecified atom stereocenters. The van der Waals surface area contributed by atoms with Gasteiger partial charge in [-0.25, -0.2) is 0 Å². The van der Waals surface area contributed by atoms with Gasteiger partial charge in [0.15, 0.2) is 0 Å². The fourth-order valence-electron chi connectivity index (χ4n) is 3.70. The summed E-state index contributed by atoms with van der Waals surface area (Å²) in [6, 6.07) is 16.7. The van der Waals surface area contributed by atoms with Gasteiger partial charge in [-0.05, 0) is 33.7 Å². The van der Waals surface area contributed by atoms with Crippen molar-refractivity contribution in [2.24, 2.45) is 0 Å². The summed E-state index contributed by atoms with van der Waals surface area (Å²) < 4.78 is 0. The van der Waals surface area contributed by atoms with Crippen LogP contribution in [0.5, 0.6) is 0 Å². The minimum absolute atomic E-state index is 0.110. The molecule has 0 bridgehead atoms. The van der Waals surface area contributed by atoms with Crippen LogP contribution in [0.15, 0.2) is 53.9 Å². The van der Waals surface area contributed by atoms with Gasteiger partial charge in [-0.1, -0.05) is 56.3 Å². The number of hydrogen-bond donors (Lipinski definition) is 2. The molecule has 0 fully saturated rings. The van der Waals surface area contributed by atoms with Crippen LogP contribution in [0, 0.1) is 5.41 Å². The summed E-state index contributed by atoms with van der Waals surface area (Å²) in [4.78, 5) is 0.852. The highest BCUT2D eigenvalue weighted by Crippen LogP contribution is 2.50. The maximum Gasteiger partial charge on any atom is 0.0808 e. The second-order valence-corrected chi connectivity index (χ2v) is 7.39. The van der Waals surface area contributed by atoms with Gasteiger partial charge in [0.25, 0.3) is 0 Å². The van der Waals surface area contributed by atoms with Gasteiger partial charge in [-0.15, -0.1) is 11.3 Å². The van der Waals surface area contributed by atoms with E-state index in [1.165, 1.54) is 33.6 Å². The molecule has 0 amide bonds. The van der Waals surface area contributed by atoms with E-state index < -0.39 is 0 Å². The molecule has 0 atom stereocenters. The number of nitrogens with one attached hydrogen (secondary N) is 1. The van der Waals surface area contributed by atoms with Gasteiger partial charge in [-0.2, -0.15) is 0 Å². The third-order valence-electron chi connectivity index (χ3n) is 4.77. The highest BCUT2D eigenvalue weighted by atomic mass is 32.1. The number of fused-ring (bicyclic) bond motifs is 3. The van der Waals surface area contributed by atoms with Crippen LogP contribution in [0.3, 0.4) is 0 Å². The average Bonchev–Trinajstić information content (AvgIpc) is 3.08. The Morgan fingerprint density at radius 2 is 1.74 bits per heavy atom. The summed E-state index contributed by atoms with van der Waals surface area (Å²) in [6.45, 7) is 4.48. The largest absolute Gasteiger partial charge is 0.397 e. The molecule has 2 aromatic carbocycles. The molecule has 4 rings (SSSR count). The smallest absolute Gasteiger partial charge is 0.0808 e. The highest BCUT2D eigenvalue weighted by Gasteiger charge is 2.37. The van der Waals surface area contributed by atoms with Crippen LogP contribution >= 0.6 is 11.3 Å². The molecule has 2 nitrogen and oxygen atoms in total. The predicted molar refractivity (Wildman–Crippen MR) is 98.7 cm³/mol. The van der Waals surface area contributed by atoms with E-state index in [1.807, 2.05) is 23.6 Å². The Morgan fingerprint density at radius 1 is 1.00 bits per heavy atom. The first kappa shape index (κ1) is 14.2. The third kappa shape index (κ3) is 1.90. The molecule has 3 heteroatoms. The molecule has 1 aliphatic carbocycles. The topological polar surface area (TPSA) is 49.9 Å². The number of nitrogen functional groups attached to an aromatic ring is 1. The first-order chi connectivity index (χ1) is 11.0. The number of anilines is 1. The first-order valence-electron chi connectivity index (χ1n) is 7.67. The molecule has 0 aliphatic heterocycles. The lowest BCUT2D eigenvalue weighted by Gasteiger charge is -2.24. The molecule has 0 spiro atoms. The van der Waals surface area contributed by atoms with Crippen molar-refractivity contribution in [1.82, 2.24) is 0 Å². The Balaban J connectivity index is 1.98. The van der Waals surface area contributed by atoms with Crippen molar-refractivity contribution >= 4 is 22.7 Å². The molecule has 0 radical (unpaired) electrons. The zero-order chi connectivity index (χ0) is 16.2. The lowest BCUT2D eigenvalue weighted by atomic mass is 9.79. The Bertz CT molecular complexity index is 934. The minimum Gasteiger partial charge on any atom is -0.397 e. The second-order valence-electron chi connectivity index (χ2n) is 6.48. The maximum absolute atomic E-state index is 8.71. The Hall–Kier alpha value is -2.39. The highest BCUT2D eigenvalue weighted by molar-refractivity contribution is 7.13. The zero-order valence-corrected chi connectivity index (χ0v) is 14.0. The third-order valence-corrected chi connectivity index (χ3v) is 5.72. The minimum atomic E-state index is -0.110. The lowest BCUT2D eigenvalue weighted by molar-refractivity contribution is 0.659. The summed E-state index contributed by atoms with van der Waals surface area (Å²) in [5.74, 6) is 0. The van der Waals surface area contributed by atoms with Gasteiger partial charge >= 0.3 is 0 Å². The summed E-state index contributed by atoms with van der Waals surface area (Å²) >= 11 is 1.53. The fourth-order valence-corrected chi connectivity index (χ4v) is 4.48. The summed E-state index contributed by atoms with van der Waals surface area (Å²) in [7, 11) is 0. The molecule has 3 N–H and O–H groups in total. The van der Waals surface area contributed by atoms with Gasteiger partial charge in [0.1, 0.15) is 0 Å². The van der Waals surface area contributed by atoms with Crippen LogP contribution < -0.4 is 5.73 Å². The monoisotopic (exact) mass is 318 g/mol. The summed E-state index contributed by atoms with van der Waals surface area (Å²) in [6.07, 6.45) is 0. The van der Waals surface area contributed by atoms with Gasteiger partial charge in [0.05, 0.1) is 16.3 Å². The van der Waals surface area contributed by atoms with E-state index >= 15 is 0 Å². The molecule has 114 valence electrons. The average molecular weight is 318 g/mol. The Kier molecular flexibility index (Phi) is 2.97. The fraction of sp³-hybridized carbons (Fsp3) is 0.150. The van der Waals surface area contributed by atoms with Crippen molar-refractivity contribution < 1.29 is 0 Å². The van der Waals surface area contributed by atoms with E-state index in [0.717, 1.165) is 10.4 Å². The lowest BCUT2D eigenvalue weighted by Crippen LogP contribution is -2.19. The number of nitrogens with two attached hydrogens (primary N) is 1. The van der Waals surface area contributed by atoms with Crippen molar-refractivity contribution in [2.75, 3.05) is 5.73 Å². The first-order valence-corrected chi connectivity index (χ1v) is 8.55. The number of thiophene rings is 1. The molecular formula is C20H18N2S. The van der Waals surface area contributed by atoms with Crippen LogP contribution in [0.1, 0.15) is 35.4 Å². The van der Waals surface area contributed by atoms with E-state index in [4.69, 9.17) is 11.1 Å². The number of benzene rings is 2. The van der Waals surface area contributed by atoms with Crippen molar-refractivity contribution in [3.05, 3.63) is 75.5 Å². The second kappa shape index (κ2) is 4.80. The van der Waals surface area contributed by atoms with Crippen molar-refractivity contribution in [1.29, 1.82) is 5.41 Å². The molecule has 3 aromatic rings. The molecule has 0 saturated carbocycles. The molecular weight excluding hydrogens is 300 g/mol. The van der Waals surface area contributed by atoms with Crippen molar-refractivity contribution in [3.8, 4) is 11.1 Å². The maximum atomic E-state index is 8.71. The summed E-state index contributed by atoms with van der Waals surface area (Å²) in [5, 5.41) is 10.7. The van der Waals surface area contributed by atoms with Gasteiger partial charge < -0.3 is 5.73 Å². The quantitative estimate of drug-likeness (QED) is 0.638.